The molecule has 0 N–H and O–H groups in total. The standard InChI is InChI=1S/C13H13N3O2/c1-9-10(8-14)13(16(2)15-9)18-12-7-5-4-6-11(12)17-3/h4-7H,1-3H3. The summed E-state index contributed by atoms with van der Waals surface area (Å²) in [6.07, 6.45) is 0. The summed E-state index contributed by atoms with van der Waals surface area (Å²) in [7, 11) is 3.31. The highest BCUT2D eigenvalue weighted by Crippen LogP contribution is 2.32. The number of ether oxygens (including phenoxy) is 2. The van der Waals surface area contributed by atoms with Gasteiger partial charge in [0.05, 0.1) is 12.8 Å². The second-order valence-corrected chi connectivity index (χ2v) is 3.75. The van der Waals surface area contributed by atoms with E-state index in [4.69, 9.17) is 14.7 Å². The summed E-state index contributed by atoms with van der Waals surface area (Å²) < 4.78 is 12.5. The Balaban J connectivity index is 2.44. The van der Waals surface area contributed by atoms with Crippen LogP contribution in [0.5, 0.6) is 17.4 Å². The van der Waals surface area contributed by atoms with E-state index in [9.17, 15) is 0 Å². The van der Waals surface area contributed by atoms with Crippen molar-refractivity contribution in [1.29, 1.82) is 5.26 Å². The van der Waals surface area contributed by atoms with Crippen LogP contribution >= 0.6 is 0 Å². The molecule has 2 aromatic rings. The summed E-state index contributed by atoms with van der Waals surface area (Å²) in [6, 6.07) is 9.36. The van der Waals surface area contributed by atoms with Crippen molar-refractivity contribution in [2.75, 3.05) is 7.11 Å². The van der Waals surface area contributed by atoms with Crippen LogP contribution in [-0.2, 0) is 7.05 Å². The van der Waals surface area contributed by atoms with Crippen molar-refractivity contribution < 1.29 is 9.47 Å². The van der Waals surface area contributed by atoms with Gasteiger partial charge in [0.2, 0.25) is 5.88 Å². The SMILES string of the molecule is COc1ccccc1Oc1c(C#N)c(C)nn1C. The van der Waals surface area contributed by atoms with Gasteiger partial charge in [-0.05, 0) is 19.1 Å². The van der Waals surface area contributed by atoms with Crippen LogP contribution in [0, 0.1) is 18.3 Å². The number of aromatic nitrogens is 2. The fourth-order valence-electron chi connectivity index (χ4n) is 1.69. The van der Waals surface area contributed by atoms with Crippen LogP contribution in [0.25, 0.3) is 0 Å². The zero-order chi connectivity index (χ0) is 13.1. The van der Waals surface area contributed by atoms with E-state index in [1.807, 2.05) is 12.1 Å². The first-order valence-corrected chi connectivity index (χ1v) is 5.42. The Morgan fingerprint density at radius 3 is 2.56 bits per heavy atom. The van der Waals surface area contributed by atoms with Crippen LogP contribution in [0.3, 0.4) is 0 Å². The molecule has 0 radical (unpaired) electrons. The first-order valence-electron chi connectivity index (χ1n) is 5.42. The Labute approximate surface area is 105 Å². The van der Waals surface area contributed by atoms with Crippen LogP contribution in [-0.4, -0.2) is 16.9 Å². The molecule has 0 atom stereocenters. The van der Waals surface area contributed by atoms with Crippen LogP contribution in [0.4, 0.5) is 0 Å². The van der Waals surface area contributed by atoms with Crippen LogP contribution < -0.4 is 9.47 Å². The maximum absolute atomic E-state index is 9.10. The average molecular weight is 243 g/mol. The third-order valence-corrected chi connectivity index (χ3v) is 2.56. The molecule has 1 aromatic heterocycles. The number of para-hydroxylation sites is 2. The summed E-state index contributed by atoms with van der Waals surface area (Å²) in [5, 5.41) is 13.3. The molecule has 5 nitrogen and oxygen atoms in total. The van der Waals surface area contributed by atoms with Gasteiger partial charge in [-0.25, -0.2) is 4.68 Å². The van der Waals surface area contributed by atoms with Gasteiger partial charge in [-0.2, -0.15) is 10.4 Å². The van der Waals surface area contributed by atoms with Gasteiger partial charge < -0.3 is 9.47 Å². The van der Waals surface area contributed by atoms with E-state index in [0.717, 1.165) is 0 Å². The smallest absolute Gasteiger partial charge is 0.236 e. The molecule has 92 valence electrons. The Hall–Kier alpha value is -2.48. The summed E-state index contributed by atoms with van der Waals surface area (Å²) in [4.78, 5) is 0. The zero-order valence-electron chi connectivity index (χ0n) is 10.5. The van der Waals surface area contributed by atoms with Gasteiger partial charge in [0.1, 0.15) is 11.6 Å². The van der Waals surface area contributed by atoms with E-state index in [0.29, 0.717) is 28.6 Å². The Morgan fingerprint density at radius 1 is 1.28 bits per heavy atom. The van der Waals surface area contributed by atoms with Gasteiger partial charge in [-0.1, -0.05) is 12.1 Å². The predicted octanol–water partition coefficient (Wildman–Crippen LogP) is 2.40. The molecule has 0 saturated heterocycles. The van der Waals surface area contributed by atoms with Crippen molar-refractivity contribution in [2.24, 2.45) is 7.05 Å². The third kappa shape index (κ3) is 2.00. The first-order chi connectivity index (χ1) is 8.67. The molecule has 0 amide bonds. The highest BCUT2D eigenvalue weighted by Gasteiger charge is 2.16. The largest absolute Gasteiger partial charge is 0.493 e. The first kappa shape index (κ1) is 12.0. The second kappa shape index (κ2) is 4.80. The van der Waals surface area contributed by atoms with Gasteiger partial charge in [-0.3, -0.25) is 0 Å². The number of hydrogen-bond donors (Lipinski definition) is 0. The molecule has 2 rings (SSSR count). The minimum atomic E-state index is 0.416. The van der Waals surface area contributed by atoms with Gasteiger partial charge in [0.25, 0.3) is 0 Å². The topological polar surface area (TPSA) is 60.1 Å². The molecule has 1 heterocycles. The number of hydrogen-bond acceptors (Lipinski definition) is 4. The minimum absolute atomic E-state index is 0.416. The van der Waals surface area contributed by atoms with Crippen molar-refractivity contribution in [3.8, 4) is 23.4 Å². The second-order valence-electron chi connectivity index (χ2n) is 3.75. The van der Waals surface area contributed by atoms with E-state index in [1.54, 1.807) is 37.9 Å². The molecule has 1 aromatic carbocycles. The quantitative estimate of drug-likeness (QED) is 0.830. The highest BCUT2D eigenvalue weighted by molar-refractivity contribution is 5.47. The molecule has 0 spiro atoms. The molecule has 0 aliphatic rings. The Kier molecular flexibility index (Phi) is 3.20. The maximum atomic E-state index is 9.10. The normalized spacial score (nSPS) is 9.89. The van der Waals surface area contributed by atoms with Crippen molar-refractivity contribution in [1.82, 2.24) is 9.78 Å². The highest BCUT2D eigenvalue weighted by atomic mass is 16.5. The Morgan fingerprint density at radius 2 is 1.94 bits per heavy atom. The summed E-state index contributed by atoms with van der Waals surface area (Å²) >= 11 is 0. The van der Waals surface area contributed by atoms with Crippen molar-refractivity contribution in [3.05, 3.63) is 35.5 Å². The predicted molar refractivity (Wildman–Crippen MR) is 65.7 cm³/mol. The minimum Gasteiger partial charge on any atom is -0.493 e. The molecular formula is C13H13N3O2. The number of rotatable bonds is 3. The van der Waals surface area contributed by atoms with Crippen LogP contribution in [0.15, 0.2) is 24.3 Å². The van der Waals surface area contributed by atoms with Crippen molar-refractivity contribution in [2.45, 2.75) is 6.92 Å². The molecule has 5 heteroatoms. The molecule has 0 aliphatic heterocycles. The summed E-state index contributed by atoms with van der Waals surface area (Å²) in [6.45, 7) is 1.77. The fraction of sp³-hybridized carbons (Fsp3) is 0.231. The van der Waals surface area contributed by atoms with Gasteiger partial charge in [0.15, 0.2) is 11.5 Å². The maximum Gasteiger partial charge on any atom is 0.236 e. The van der Waals surface area contributed by atoms with Gasteiger partial charge >= 0.3 is 0 Å². The number of nitrogens with zero attached hydrogens (tertiary/aromatic N) is 3. The van der Waals surface area contributed by atoms with E-state index in [2.05, 4.69) is 11.2 Å². The molecule has 0 bridgehead atoms. The van der Waals surface area contributed by atoms with E-state index in [-0.39, 0.29) is 0 Å². The number of methoxy groups -OCH3 is 1. The lowest BCUT2D eigenvalue weighted by atomic mass is 10.3. The van der Waals surface area contributed by atoms with Crippen LogP contribution in [0.1, 0.15) is 11.3 Å². The van der Waals surface area contributed by atoms with E-state index < -0.39 is 0 Å². The van der Waals surface area contributed by atoms with Crippen molar-refractivity contribution in [3.63, 3.8) is 0 Å². The summed E-state index contributed by atoms with van der Waals surface area (Å²) in [5.41, 5.74) is 1.08. The molecule has 0 aliphatic carbocycles. The van der Waals surface area contributed by atoms with Gasteiger partial charge in [-0.15, -0.1) is 0 Å². The molecular weight excluding hydrogens is 230 g/mol. The van der Waals surface area contributed by atoms with E-state index in [1.165, 1.54) is 0 Å². The monoisotopic (exact) mass is 243 g/mol. The number of nitriles is 1. The fourth-order valence-corrected chi connectivity index (χ4v) is 1.69. The average Bonchev–Trinajstić information content (AvgIpc) is 2.64. The van der Waals surface area contributed by atoms with Crippen LogP contribution in [0.2, 0.25) is 0 Å². The zero-order valence-corrected chi connectivity index (χ0v) is 10.5. The molecule has 0 unspecified atom stereocenters. The van der Waals surface area contributed by atoms with Crippen molar-refractivity contribution >= 4 is 0 Å². The lowest BCUT2D eigenvalue weighted by Crippen LogP contribution is -1.97. The number of aryl methyl sites for hydroxylation is 2. The third-order valence-electron chi connectivity index (χ3n) is 2.56. The van der Waals surface area contributed by atoms with E-state index >= 15 is 0 Å². The number of benzene rings is 1. The van der Waals surface area contributed by atoms with Gasteiger partial charge in [0, 0.05) is 7.05 Å². The Bertz CT molecular complexity index is 611. The lowest BCUT2D eigenvalue weighted by Gasteiger charge is -2.09. The summed E-state index contributed by atoms with van der Waals surface area (Å²) in [5.74, 6) is 1.58. The molecule has 18 heavy (non-hydrogen) atoms. The molecule has 0 saturated carbocycles. The molecule has 0 fully saturated rings. The lowest BCUT2D eigenvalue weighted by molar-refractivity contribution is 0.365.